The largest absolute Gasteiger partial charge is 0.493 e. The van der Waals surface area contributed by atoms with Gasteiger partial charge < -0.3 is 14.2 Å². The average molecular weight is 313 g/mol. The normalized spacial score (nSPS) is 10.2. The molecule has 0 aliphatic heterocycles. The van der Waals surface area contributed by atoms with E-state index >= 15 is 0 Å². The van der Waals surface area contributed by atoms with Gasteiger partial charge in [-0.05, 0) is 24.3 Å². The summed E-state index contributed by atoms with van der Waals surface area (Å²) in [4.78, 5) is 11.9. The zero-order valence-corrected chi connectivity index (χ0v) is 12.6. The summed E-state index contributed by atoms with van der Waals surface area (Å²) in [5, 5.41) is 0. The van der Waals surface area contributed by atoms with E-state index in [4.69, 9.17) is 25.8 Å². The Labute approximate surface area is 125 Å². The molecule has 0 N–H and O–H groups in total. The quantitative estimate of drug-likeness (QED) is 0.761. The first-order valence-corrected chi connectivity index (χ1v) is 6.95. The van der Waals surface area contributed by atoms with E-state index in [0.717, 1.165) is 11.2 Å². The fraction of sp³-hybridized carbons (Fsp3) is 0.214. The molecule has 0 atom stereocenters. The van der Waals surface area contributed by atoms with Crippen LogP contribution < -0.4 is 14.2 Å². The van der Waals surface area contributed by atoms with Crippen LogP contribution in [0.25, 0.3) is 0 Å². The zero-order chi connectivity index (χ0) is 14.5. The molecule has 0 spiro atoms. The van der Waals surface area contributed by atoms with Crippen molar-refractivity contribution < 1.29 is 19.0 Å². The number of methoxy groups -OCH3 is 2. The lowest BCUT2D eigenvalue weighted by Gasteiger charge is -2.14. The third kappa shape index (κ3) is 3.23. The number of halogens is 1. The van der Waals surface area contributed by atoms with E-state index in [9.17, 15) is 4.79 Å². The minimum absolute atomic E-state index is 0.352. The van der Waals surface area contributed by atoms with Crippen LogP contribution in [0.3, 0.4) is 0 Å². The molecule has 0 radical (unpaired) electrons. The standard InChI is InChI=1S/C14H13ClO4S/c1-17-11-5-9(7-16)6-12(18-2)14(11)19-8-10-3-4-13(15)20-10/h3-7H,8H2,1-2H3. The molecular weight excluding hydrogens is 300 g/mol. The number of hydrogen-bond donors (Lipinski definition) is 0. The first-order chi connectivity index (χ1) is 9.67. The summed E-state index contributed by atoms with van der Waals surface area (Å²) >= 11 is 7.32. The van der Waals surface area contributed by atoms with Crippen LogP contribution in [0.2, 0.25) is 4.34 Å². The van der Waals surface area contributed by atoms with Crippen molar-refractivity contribution in [3.05, 3.63) is 39.0 Å². The van der Waals surface area contributed by atoms with Gasteiger partial charge in [0.25, 0.3) is 0 Å². The monoisotopic (exact) mass is 312 g/mol. The Morgan fingerprint density at radius 1 is 1.20 bits per heavy atom. The van der Waals surface area contributed by atoms with Gasteiger partial charge in [0.15, 0.2) is 11.5 Å². The lowest BCUT2D eigenvalue weighted by atomic mass is 10.2. The lowest BCUT2D eigenvalue weighted by Crippen LogP contribution is -2.00. The summed E-state index contributed by atoms with van der Waals surface area (Å²) in [6.07, 6.45) is 0.730. The Balaban J connectivity index is 2.27. The van der Waals surface area contributed by atoms with Gasteiger partial charge >= 0.3 is 0 Å². The number of benzene rings is 1. The third-order valence-corrected chi connectivity index (χ3v) is 3.81. The summed E-state index contributed by atoms with van der Waals surface area (Å²) in [5.74, 6) is 1.37. The van der Waals surface area contributed by atoms with Gasteiger partial charge in [-0.15, -0.1) is 11.3 Å². The van der Waals surface area contributed by atoms with Crippen molar-refractivity contribution in [3.63, 3.8) is 0 Å². The fourth-order valence-electron chi connectivity index (χ4n) is 1.68. The number of carbonyl (C=O) groups is 1. The van der Waals surface area contributed by atoms with Crippen molar-refractivity contribution in [2.75, 3.05) is 14.2 Å². The first kappa shape index (κ1) is 14.7. The number of aldehydes is 1. The minimum Gasteiger partial charge on any atom is -0.493 e. The molecule has 1 aromatic carbocycles. The summed E-state index contributed by atoms with van der Waals surface area (Å²) < 4.78 is 16.9. The lowest BCUT2D eigenvalue weighted by molar-refractivity contribution is 0.112. The Morgan fingerprint density at radius 2 is 1.85 bits per heavy atom. The van der Waals surface area contributed by atoms with Gasteiger partial charge in [-0.1, -0.05) is 11.6 Å². The predicted molar refractivity (Wildman–Crippen MR) is 78.6 cm³/mol. The molecule has 1 heterocycles. The van der Waals surface area contributed by atoms with Crippen LogP contribution in [-0.4, -0.2) is 20.5 Å². The number of ether oxygens (including phenoxy) is 3. The highest BCUT2D eigenvalue weighted by Crippen LogP contribution is 2.39. The molecule has 2 rings (SSSR count). The van der Waals surface area contributed by atoms with Crippen molar-refractivity contribution in [3.8, 4) is 17.2 Å². The molecule has 106 valence electrons. The SMILES string of the molecule is COc1cc(C=O)cc(OC)c1OCc1ccc(Cl)s1. The topological polar surface area (TPSA) is 44.8 Å². The molecule has 0 saturated carbocycles. The molecule has 0 aliphatic carbocycles. The van der Waals surface area contributed by atoms with E-state index in [1.807, 2.05) is 12.1 Å². The summed E-state index contributed by atoms with van der Waals surface area (Å²) in [5.41, 5.74) is 0.463. The first-order valence-electron chi connectivity index (χ1n) is 5.76. The van der Waals surface area contributed by atoms with Crippen LogP contribution in [0.15, 0.2) is 24.3 Å². The highest BCUT2D eigenvalue weighted by molar-refractivity contribution is 7.16. The van der Waals surface area contributed by atoms with Crippen molar-refractivity contribution in [1.82, 2.24) is 0 Å². The molecule has 2 aromatic rings. The van der Waals surface area contributed by atoms with E-state index in [1.165, 1.54) is 25.6 Å². The number of carbonyl (C=O) groups excluding carboxylic acids is 1. The van der Waals surface area contributed by atoms with Crippen LogP contribution in [-0.2, 0) is 6.61 Å². The second kappa shape index (κ2) is 6.63. The summed E-state index contributed by atoms with van der Waals surface area (Å²) in [6, 6.07) is 6.92. The molecule has 1 aromatic heterocycles. The van der Waals surface area contributed by atoms with Crippen LogP contribution in [0.1, 0.15) is 15.2 Å². The molecule has 6 heteroatoms. The van der Waals surface area contributed by atoms with Crippen LogP contribution in [0.5, 0.6) is 17.2 Å². The zero-order valence-electron chi connectivity index (χ0n) is 11.0. The molecule has 0 unspecified atom stereocenters. The fourth-order valence-corrected chi connectivity index (χ4v) is 2.68. The van der Waals surface area contributed by atoms with Crippen LogP contribution >= 0.6 is 22.9 Å². The van der Waals surface area contributed by atoms with Crippen molar-refractivity contribution in [1.29, 1.82) is 0 Å². The molecular formula is C14H13ClO4S. The van der Waals surface area contributed by atoms with E-state index in [-0.39, 0.29) is 0 Å². The van der Waals surface area contributed by atoms with Gasteiger partial charge in [0, 0.05) is 10.4 Å². The maximum absolute atomic E-state index is 10.9. The summed E-state index contributed by atoms with van der Waals surface area (Å²) in [7, 11) is 3.02. The Morgan fingerprint density at radius 3 is 2.30 bits per heavy atom. The van der Waals surface area contributed by atoms with E-state index in [1.54, 1.807) is 12.1 Å². The Kier molecular flexibility index (Phi) is 4.87. The third-order valence-electron chi connectivity index (χ3n) is 2.61. The average Bonchev–Trinajstić information content (AvgIpc) is 2.89. The van der Waals surface area contributed by atoms with Gasteiger partial charge in [-0.3, -0.25) is 4.79 Å². The molecule has 0 fully saturated rings. The molecule has 20 heavy (non-hydrogen) atoms. The minimum atomic E-state index is 0.352. The molecule has 0 bridgehead atoms. The van der Waals surface area contributed by atoms with Gasteiger partial charge in [0.2, 0.25) is 5.75 Å². The second-order valence-corrected chi connectivity index (χ2v) is 5.67. The van der Waals surface area contributed by atoms with Crippen LogP contribution in [0, 0.1) is 0 Å². The molecule has 0 aliphatic rings. The van der Waals surface area contributed by atoms with Gasteiger partial charge in [-0.2, -0.15) is 0 Å². The van der Waals surface area contributed by atoms with Crippen LogP contribution in [0.4, 0.5) is 0 Å². The molecule has 4 nitrogen and oxygen atoms in total. The van der Waals surface area contributed by atoms with Crippen molar-refractivity contribution in [2.24, 2.45) is 0 Å². The Hall–Kier alpha value is -1.72. The van der Waals surface area contributed by atoms with Gasteiger partial charge in [-0.25, -0.2) is 0 Å². The van der Waals surface area contributed by atoms with Crippen molar-refractivity contribution in [2.45, 2.75) is 6.61 Å². The molecule has 0 amide bonds. The Bertz CT molecular complexity index is 584. The summed E-state index contributed by atoms with van der Waals surface area (Å²) in [6.45, 7) is 0.352. The second-order valence-electron chi connectivity index (χ2n) is 3.87. The molecule has 0 saturated heterocycles. The van der Waals surface area contributed by atoms with Gasteiger partial charge in [0.1, 0.15) is 12.9 Å². The highest BCUT2D eigenvalue weighted by atomic mass is 35.5. The van der Waals surface area contributed by atoms with E-state index < -0.39 is 0 Å². The number of thiophene rings is 1. The predicted octanol–water partition coefficient (Wildman–Crippen LogP) is 3.81. The maximum Gasteiger partial charge on any atom is 0.203 e. The van der Waals surface area contributed by atoms with E-state index in [2.05, 4.69) is 0 Å². The highest BCUT2D eigenvalue weighted by Gasteiger charge is 2.14. The van der Waals surface area contributed by atoms with E-state index in [0.29, 0.717) is 33.8 Å². The number of rotatable bonds is 6. The maximum atomic E-state index is 10.9. The smallest absolute Gasteiger partial charge is 0.203 e. The van der Waals surface area contributed by atoms with Gasteiger partial charge in [0.05, 0.1) is 18.6 Å². The van der Waals surface area contributed by atoms with Crippen molar-refractivity contribution >= 4 is 29.2 Å². The number of hydrogen-bond acceptors (Lipinski definition) is 5.